The van der Waals surface area contributed by atoms with Crippen LogP contribution in [0.25, 0.3) is 0 Å². The maximum atomic E-state index is 12.5. The van der Waals surface area contributed by atoms with Crippen molar-refractivity contribution in [3.05, 3.63) is 75.0 Å². The Kier molecular flexibility index (Phi) is 6.46. The second kappa shape index (κ2) is 9.25. The molecule has 7 heteroatoms. The Morgan fingerprint density at radius 1 is 1.23 bits per heavy atom. The molecule has 1 aliphatic heterocycles. The van der Waals surface area contributed by atoms with Crippen LogP contribution in [0, 0.1) is 6.92 Å². The van der Waals surface area contributed by atoms with Gasteiger partial charge in [0.2, 0.25) is 0 Å². The van der Waals surface area contributed by atoms with Gasteiger partial charge in [-0.15, -0.1) is 11.3 Å². The molecule has 0 bridgehead atoms. The zero-order valence-corrected chi connectivity index (χ0v) is 18.8. The normalized spacial score (nSPS) is 16.7. The van der Waals surface area contributed by atoms with E-state index >= 15 is 0 Å². The van der Waals surface area contributed by atoms with Crippen LogP contribution >= 0.6 is 22.9 Å². The van der Waals surface area contributed by atoms with Gasteiger partial charge in [-0.1, -0.05) is 36.7 Å². The van der Waals surface area contributed by atoms with Crippen molar-refractivity contribution in [1.82, 2.24) is 14.9 Å². The molecule has 0 unspecified atom stereocenters. The van der Waals surface area contributed by atoms with Crippen LogP contribution in [0.15, 0.2) is 41.8 Å². The van der Waals surface area contributed by atoms with Crippen molar-refractivity contribution in [2.24, 2.45) is 0 Å². The first kappa shape index (κ1) is 21.0. The second-order valence-corrected chi connectivity index (χ2v) is 8.83. The van der Waals surface area contributed by atoms with Gasteiger partial charge in [-0.05, 0) is 56.5 Å². The standard InChI is InChI=1S/C23H25ClN4OS/c1-3-16-7-10-17(11-8-16)22(29)27-23-26-19(14-30-23)20-5-4-12-28(20)13-18-9-6-15(2)25-21(18)24/h6-11,14,20H,3-5,12-13H2,1-2H3,(H,26,27,29)/t20-/m0/s1. The molecule has 1 aliphatic rings. The van der Waals surface area contributed by atoms with E-state index in [1.807, 2.05) is 42.6 Å². The van der Waals surface area contributed by atoms with Gasteiger partial charge in [-0.3, -0.25) is 15.0 Å². The van der Waals surface area contributed by atoms with E-state index in [0.29, 0.717) is 15.8 Å². The van der Waals surface area contributed by atoms with Gasteiger partial charge in [0.1, 0.15) is 5.15 Å². The zero-order chi connectivity index (χ0) is 21.1. The number of aryl methyl sites for hydroxylation is 2. The molecular formula is C23H25ClN4OS. The van der Waals surface area contributed by atoms with Crippen molar-refractivity contribution in [2.45, 2.75) is 45.7 Å². The summed E-state index contributed by atoms with van der Waals surface area (Å²) in [5.74, 6) is -0.126. The SMILES string of the molecule is CCc1ccc(C(=O)Nc2nc([C@@H]3CCCN3Cc3ccc(C)nc3Cl)cs2)cc1. The van der Waals surface area contributed by atoms with Crippen LogP contribution in [0.4, 0.5) is 5.13 Å². The number of nitrogens with one attached hydrogen (secondary N) is 1. The van der Waals surface area contributed by atoms with E-state index in [2.05, 4.69) is 28.2 Å². The molecule has 3 aromatic rings. The number of rotatable bonds is 6. The molecule has 2 aromatic heterocycles. The number of likely N-dealkylation sites (tertiary alicyclic amines) is 1. The molecule has 1 atom stereocenters. The first-order valence-corrected chi connectivity index (χ1v) is 11.5. The molecule has 0 aliphatic carbocycles. The van der Waals surface area contributed by atoms with Crippen molar-refractivity contribution < 1.29 is 4.79 Å². The number of pyridine rings is 1. The monoisotopic (exact) mass is 440 g/mol. The van der Waals surface area contributed by atoms with Gasteiger partial charge in [-0.2, -0.15) is 0 Å². The summed E-state index contributed by atoms with van der Waals surface area (Å²) in [6, 6.07) is 12.0. The van der Waals surface area contributed by atoms with Crippen molar-refractivity contribution in [3.63, 3.8) is 0 Å². The molecule has 1 fully saturated rings. The molecule has 0 spiro atoms. The van der Waals surface area contributed by atoms with E-state index < -0.39 is 0 Å². The Labute approximate surface area is 186 Å². The van der Waals surface area contributed by atoms with Crippen molar-refractivity contribution in [3.8, 4) is 0 Å². The van der Waals surface area contributed by atoms with Crippen LogP contribution < -0.4 is 5.32 Å². The Morgan fingerprint density at radius 2 is 2.03 bits per heavy atom. The Morgan fingerprint density at radius 3 is 2.77 bits per heavy atom. The lowest BCUT2D eigenvalue weighted by Gasteiger charge is -2.23. The molecule has 3 heterocycles. The fraction of sp³-hybridized carbons (Fsp3) is 0.348. The summed E-state index contributed by atoms with van der Waals surface area (Å²) in [6.07, 6.45) is 3.12. The van der Waals surface area contributed by atoms with E-state index in [9.17, 15) is 4.79 Å². The number of benzene rings is 1. The molecule has 0 saturated carbocycles. The fourth-order valence-corrected chi connectivity index (χ4v) is 4.81. The van der Waals surface area contributed by atoms with Gasteiger partial charge in [0.15, 0.2) is 5.13 Å². The third kappa shape index (κ3) is 4.72. The fourth-order valence-electron chi connectivity index (χ4n) is 3.80. The summed E-state index contributed by atoms with van der Waals surface area (Å²) < 4.78 is 0. The number of carbonyl (C=O) groups excluding carboxylic acids is 1. The first-order valence-electron chi connectivity index (χ1n) is 10.2. The van der Waals surface area contributed by atoms with Crippen LogP contribution in [0.1, 0.15) is 58.7 Å². The summed E-state index contributed by atoms with van der Waals surface area (Å²) in [5, 5.41) is 6.19. The van der Waals surface area contributed by atoms with Crippen molar-refractivity contribution >= 4 is 34.0 Å². The van der Waals surface area contributed by atoms with E-state index in [4.69, 9.17) is 16.6 Å². The van der Waals surface area contributed by atoms with Gasteiger partial charge >= 0.3 is 0 Å². The number of anilines is 1. The minimum atomic E-state index is -0.126. The summed E-state index contributed by atoms with van der Waals surface area (Å²) in [5.41, 5.74) is 4.82. The van der Waals surface area contributed by atoms with E-state index in [0.717, 1.165) is 49.3 Å². The minimum Gasteiger partial charge on any atom is -0.298 e. The average molecular weight is 441 g/mol. The maximum Gasteiger partial charge on any atom is 0.257 e. The van der Waals surface area contributed by atoms with Gasteiger partial charge in [0.05, 0.1) is 11.7 Å². The van der Waals surface area contributed by atoms with Crippen LogP contribution in [0.2, 0.25) is 5.15 Å². The molecule has 0 radical (unpaired) electrons. The van der Waals surface area contributed by atoms with Gasteiger partial charge in [0.25, 0.3) is 5.91 Å². The molecule has 1 saturated heterocycles. The maximum absolute atomic E-state index is 12.5. The molecule has 1 aromatic carbocycles. The number of halogens is 1. The third-order valence-corrected chi connectivity index (χ3v) is 6.61. The number of thiazole rings is 1. The summed E-state index contributed by atoms with van der Waals surface area (Å²) in [6.45, 7) is 5.79. The molecular weight excluding hydrogens is 416 g/mol. The molecule has 1 N–H and O–H groups in total. The van der Waals surface area contributed by atoms with E-state index in [1.165, 1.54) is 16.9 Å². The van der Waals surface area contributed by atoms with Gasteiger partial charge < -0.3 is 0 Å². The van der Waals surface area contributed by atoms with E-state index in [1.54, 1.807) is 0 Å². The smallest absolute Gasteiger partial charge is 0.257 e. The van der Waals surface area contributed by atoms with Crippen molar-refractivity contribution in [2.75, 3.05) is 11.9 Å². The highest BCUT2D eigenvalue weighted by Gasteiger charge is 2.28. The largest absolute Gasteiger partial charge is 0.298 e. The molecule has 30 heavy (non-hydrogen) atoms. The summed E-state index contributed by atoms with van der Waals surface area (Å²) in [4.78, 5) is 24.0. The Balaban J connectivity index is 1.43. The highest BCUT2D eigenvalue weighted by molar-refractivity contribution is 7.14. The molecule has 4 rings (SSSR count). The number of amides is 1. The lowest BCUT2D eigenvalue weighted by atomic mass is 10.1. The van der Waals surface area contributed by atoms with Crippen LogP contribution in [-0.2, 0) is 13.0 Å². The lowest BCUT2D eigenvalue weighted by Crippen LogP contribution is -2.23. The lowest BCUT2D eigenvalue weighted by molar-refractivity contribution is 0.102. The topological polar surface area (TPSA) is 58.1 Å². The van der Waals surface area contributed by atoms with Crippen LogP contribution in [-0.4, -0.2) is 27.3 Å². The van der Waals surface area contributed by atoms with Gasteiger partial charge in [0, 0.05) is 28.7 Å². The highest BCUT2D eigenvalue weighted by Crippen LogP contribution is 2.35. The van der Waals surface area contributed by atoms with Gasteiger partial charge in [-0.25, -0.2) is 9.97 Å². The number of aromatic nitrogens is 2. The molecule has 5 nitrogen and oxygen atoms in total. The van der Waals surface area contributed by atoms with Crippen molar-refractivity contribution in [1.29, 1.82) is 0 Å². The Hall–Kier alpha value is -2.28. The number of hydrogen-bond acceptors (Lipinski definition) is 5. The molecule has 1 amide bonds. The quantitative estimate of drug-likeness (QED) is 0.503. The number of nitrogens with zero attached hydrogens (tertiary/aromatic N) is 3. The predicted octanol–water partition coefficient (Wildman–Crippen LogP) is 5.65. The summed E-state index contributed by atoms with van der Waals surface area (Å²) >= 11 is 7.81. The third-order valence-electron chi connectivity index (χ3n) is 5.51. The van der Waals surface area contributed by atoms with Crippen LogP contribution in [0.3, 0.4) is 0 Å². The van der Waals surface area contributed by atoms with Crippen LogP contribution in [0.5, 0.6) is 0 Å². The minimum absolute atomic E-state index is 0.126. The highest BCUT2D eigenvalue weighted by atomic mass is 35.5. The average Bonchev–Trinajstić information content (AvgIpc) is 3.39. The van der Waals surface area contributed by atoms with E-state index in [-0.39, 0.29) is 11.9 Å². The number of carbonyl (C=O) groups is 1. The Bertz CT molecular complexity index is 1030. The summed E-state index contributed by atoms with van der Waals surface area (Å²) in [7, 11) is 0. The zero-order valence-electron chi connectivity index (χ0n) is 17.2. The predicted molar refractivity (Wildman–Crippen MR) is 122 cm³/mol. The number of hydrogen-bond donors (Lipinski definition) is 1. The second-order valence-electron chi connectivity index (χ2n) is 7.61. The molecule has 156 valence electrons. The first-order chi connectivity index (χ1) is 14.5.